The number of carbonyl (C=O) groups is 2. The summed E-state index contributed by atoms with van der Waals surface area (Å²) < 4.78 is 0.910. The normalized spacial score (nSPS) is 17.8. The largest absolute Gasteiger partial charge is 0.323 e. The predicted octanol–water partition coefficient (Wildman–Crippen LogP) is 2.80. The molecule has 2 rings (SSSR count). The molecule has 0 N–H and O–H groups in total. The molecule has 5 nitrogen and oxygen atoms in total. The Bertz CT molecular complexity index is 593. The molecule has 1 aromatic carbocycles. The number of hydrogen-bond donors (Lipinski definition) is 0. The van der Waals surface area contributed by atoms with Gasteiger partial charge in [0.15, 0.2) is 0 Å². The summed E-state index contributed by atoms with van der Waals surface area (Å²) in [5.41, 5.74) is 0.638. The van der Waals surface area contributed by atoms with Crippen molar-refractivity contribution in [2.75, 3.05) is 4.90 Å². The van der Waals surface area contributed by atoms with Crippen molar-refractivity contribution >= 4 is 39.4 Å². The molecule has 0 saturated carbocycles. The lowest BCUT2D eigenvalue weighted by molar-refractivity contribution is -0.139. The topological polar surface area (TPSA) is 53.0 Å². The van der Waals surface area contributed by atoms with Crippen LogP contribution in [0, 0.1) is 0 Å². The molecule has 0 aliphatic carbocycles. The molecule has 112 valence electrons. The molecular weight excluding hydrogens is 334 g/mol. The molecule has 0 aromatic heterocycles. The summed E-state index contributed by atoms with van der Waals surface area (Å²) in [5, 5.41) is 0. The fraction of sp³-hybridized carbons (Fsp3) is 0.400. The van der Waals surface area contributed by atoms with Gasteiger partial charge in [0.05, 0.1) is 5.69 Å². The summed E-state index contributed by atoms with van der Waals surface area (Å²) in [6.45, 7) is 7.56. The third kappa shape index (κ3) is 3.00. The van der Waals surface area contributed by atoms with E-state index >= 15 is 0 Å². The molecule has 1 aliphatic rings. The Morgan fingerprint density at radius 1 is 1.00 bits per heavy atom. The minimum absolute atomic E-state index is 0.0158. The zero-order valence-corrected chi connectivity index (χ0v) is 14.1. The number of carbonyl (C=O) groups excluding carboxylic acids is 2. The Labute approximate surface area is 132 Å². The third-order valence-corrected chi connectivity index (χ3v) is 3.52. The van der Waals surface area contributed by atoms with Crippen molar-refractivity contribution in [2.45, 2.75) is 39.8 Å². The Balaban J connectivity index is 2.53. The minimum Gasteiger partial charge on any atom is -0.271 e. The highest BCUT2D eigenvalue weighted by molar-refractivity contribution is 9.10. The maximum Gasteiger partial charge on any atom is 0.323 e. The Morgan fingerprint density at radius 2 is 1.57 bits per heavy atom. The first kappa shape index (κ1) is 15.7. The van der Waals surface area contributed by atoms with Crippen molar-refractivity contribution in [2.24, 2.45) is 4.99 Å². The molecule has 1 fully saturated rings. The van der Waals surface area contributed by atoms with E-state index in [1.54, 1.807) is 12.1 Å². The number of amides is 2. The van der Waals surface area contributed by atoms with Gasteiger partial charge in [-0.05, 0) is 52.0 Å². The van der Waals surface area contributed by atoms with E-state index in [4.69, 9.17) is 0 Å². The van der Waals surface area contributed by atoms with Crippen molar-refractivity contribution in [3.63, 3.8) is 0 Å². The van der Waals surface area contributed by atoms with E-state index in [1.165, 1.54) is 9.80 Å². The fourth-order valence-corrected chi connectivity index (χ4v) is 2.39. The maximum absolute atomic E-state index is 12.3. The van der Waals surface area contributed by atoms with E-state index < -0.39 is 11.8 Å². The molecule has 1 aromatic rings. The highest BCUT2D eigenvalue weighted by Gasteiger charge is 2.44. The maximum atomic E-state index is 12.3. The van der Waals surface area contributed by atoms with E-state index in [1.807, 2.05) is 39.8 Å². The molecular formula is C15H18BrN3O2. The zero-order chi connectivity index (χ0) is 15.7. The van der Waals surface area contributed by atoms with Gasteiger partial charge in [-0.3, -0.25) is 14.5 Å². The van der Waals surface area contributed by atoms with Crippen molar-refractivity contribution in [3.8, 4) is 0 Å². The van der Waals surface area contributed by atoms with E-state index in [0.717, 1.165) is 4.47 Å². The molecule has 1 saturated heterocycles. The summed E-state index contributed by atoms with van der Waals surface area (Å²) >= 11 is 3.36. The quantitative estimate of drug-likeness (QED) is 0.786. The molecule has 21 heavy (non-hydrogen) atoms. The first-order valence-corrected chi connectivity index (χ1v) is 7.63. The lowest BCUT2D eigenvalue weighted by Gasteiger charge is -2.23. The summed E-state index contributed by atoms with van der Waals surface area (Å²) in [7, 11) is 0. The van der Waals surface area contributed by atoms with Crippen LogP contribution in [-0.4, -0.2) is 34.8 Å². The molecule has 0 unspecified atom stereocenters. The van der Waals surface area contributed by atoms with Crippen LogP contribution in [0.15, 0.2) is 33.7 Å². The number of nitrogens with zero attached hydrogens (tertiary/aromatic N) is 3. The summed E-state index contributed by atoms with van der Waals surface area (Å²) in [6.07, 6.45) is 0. The molecule has 2 amide bonds. The van der Waals surface area contributed by atoms with Crippen LogP contribution >= 0.6 is 15.9 Å². The molecule has 0 bridgehead atoms. The van der Waals surface area contributed by atoms with E-state index in [-0.39, 0.29) is 12.1 Å². The molecule has 0 spiro atoms. The van der Waals surface area contributed by atoms with Crippen molar-refractivity contribution in [3.05, 3.63) is 28.7 Å². The number of rotatable bonds is 3. The van der Waals surface area contributed by atoms with Crippen LogP contribution < -0.4 is 4.90 Å². The average molecular weight is 352 g/mol. The molecule has 1 heterocycles. The number of halogens is 1. The first-order chi connectivity index (χ1) is 9.82. The Morgan fingerprint density at radius 3 is 2.05 bits per heavy atom. The summed E-state index contributed by atoms with van der Waals surface area (Å²) in [5.74, 6) is -0.699. The van der Waals surface area contributed by atoms with Gasteiger partial charge in [0.2, 0.25) is 5.96 Å². The lowest BCUT2D eigenvalue weighted by atomic mass is 10.3. The molecule has 0 atom stereocenters. The van der Waals surface area contributed by atoms with Crippen LogP contribution in [0.5, 0.6) is 0 Å². The number of anilines is 1. The first-order valence-electron chi connectivity index (χ1n) is 6.84. The van der Waals surface area contributed by atoms with Crippen molar-refractivity contribution in [1.82, 2.24) is 4.90 Å². The van der Waals surface area contributed by atoms with E-state index in [2.05, 4.69) is 20.9 Å². The molecule has 1 aliphatic heterocycles. The van der Waals surface area contributed by atoms with Gasteiger partial charge in [-0.25, -0.2) is 9.89 Å². The second kappa shape index (κ2) is 5.97. The monoisotopic (exact) mass is 351 g/mol. The van der Waals surface area contributed by atoms with Gasteiger partial charge in [-0.1, -0.05) is 15.9 Å². The lowest BCUT2D eigenvalue weighted by Crippen LogP contribution is -2.40. The van der Waals surface area contributed by atoms with Crippen LogP contribution in [0.3, 0.4) is 0 Å². The number of hydrogen-bond acceptors (Lipinski definition) is 3. The van der Waals surface area contributed by atoms with Gasteiger partial charge in [-0.15, -0.1) is 0 Å². The highest BCUT2D eigenvalue weighted by atomic mass is 79.9. The second-order valence-electron chi connectivity index (χ2n) is 5.41. The highest BCUT2D eigenvalue weighted by Crippen LogP contribution is 2.25. The summed E-state index contributed by atoms with van der Waals surface area (Å²) in [6, 6.07) is 7.09. The number of benzene rings is 1. The SMILES string of the molecule is CC(C)N=C1N(c2ccc(Br)cc2)C(=O)C(=O)N1C(C)C. The minimum atomic E-state index is -0.564. The summed E-state index contributed by atoms with van der Waals surface area (Å²) in [4.78, 5) is 31.9. The smallest absolute Gasteiger partial charge is 0.271 e. The number of guanidine groups is 1. The van der Waals surface area contributed by atoms with Crippen LogP contribution in [-0.2, 0) is 9.59 Å². The van der Waals surface area contributed by atoms with Gasteiger partial charge in [-0.2, -0.15) is 0 Å². The fourth-order valence-electron chi connectivity index (χ4n) is 2.13. The number of aliphatic imine (C=N–C) groups is 1. The zero-order valence-electron chi connectivity index (χ0n) is 12.5. The Hall–Kier alpha value is -1.69. The van der Waals surface area contributed by atoms with E-state index in [0.29, 0.717) is 11.6 Å². The Kier molecular flexibility index (Phi) is 4.46. The van der Waals surface area contributed by atoms with Gasteiger partial charge < -0.3 is 0 Å². The standard InChI is InChI=1S/C15H18BrN3O2/c1-9(2)17-15-18(10(3)4)13(20)14(21)19(15)12-7-5-11(16)6-8-12/h5-10H,1-4H3. The molecule has 6 heteroatoms. The van der Waals surface area contributed by atoms with Gasteiger partial charge in [0.25, 0.3) is 0 Å². The van der Waals surface area contributed by atoms with Gasteiger partial charge in [0.1, 0.15) is 0 Å². The van der Waals surface area contributed by atoms with Crippen molar-refractivity contribution < 1.29 is 9.59 Å². The van der Waals surface area contributed by atoms with Gasteiger partial charge >= 0.3 is 11.8 Å². The van der Waals surface area contributed by atoms with Crippen LogP contribution in [0.4, 0.5) is 5.69 Å². The third-order valence-electron chi connectivity index (χ3n) is 3.00. The second-order valence-corrected chi connectivity index (χ2v) is 6.32. The van der Waals surface area contributed by atoms with E-state index in [9.17, 15) is 9.59 Å². The molecule has 0 radical (unpaired) electrons. The average Bonchev–Trinajstić information content (AvgIpc) is 2.62. The van der Waals surface area contributed by atoms with Crippen molar-refractivity contribution in [1.29, 1.82) is 0 Å². The van der Waals surface area contributed by atoms with Gasteiger partial charge in [0, 0.05) is 16.6 Å². The van der Waals surface area contributed by atoms with Crippen LogP contribution in [0.2, 0.25) is 0 Å². The van der Waals surface area contributed by atoms with Crippen LogP contribution in [0.1, 0.15) is 27.7 Å². The predicted molar refractivity (Wildman–Crippen MR) is 86.2 cm³/mol. The van der Waals surface area contributed by atoms with Crippen LogP contribution in [0.25, 0.3) is 0 Å².